The Labute approximate surface area is 65.7 Å². The van der Waals surface area contributed by atoms with Gasteiger partial charge in [-0.15, -0.1) is 0 Å². The molecular weight excluding hydrogens is 146 g/mol. The van der Waals surface area contributed by atoms with E-state index in [-0.39, 0.29) is 19.2 Å². The monoisotopic (exact) mass is 161 g/mol. The summed E-state index contributed by atoms with van der Waals surface area (Å²) in [5, 5.41) is 17.7. The van der Waals surface area contributed by atoms with Gasteiger partial charge >= 0.3 is 0 Å². The van der Waals surface area contributed by atoms with Crippen molar-refractivity contribution in [1.29, 1.82) is 0 Å². The molecule has 0 aromatic carbocycles. The van der Waals surface area contributed by atoms with E-state index in [4.69, 9.17) is 21.7 Å². The first-order valence-electron chi connectivity index (χ1n) is 3.42. The summed E-state index contributed by atoms with van der Waals surface area (Å²) in [6.07, 6.45) is 0.498. The molecule has 0 saturated carbocycles. The van der Waals surface area contributed by atoms with Gasteiger partial charge in [0.2, 0.25) is 0 Å². The van der Waals surface area contributed by atoms with Crippen molar-refractivity contribution in [3.8, 4) is 0 Å². The van der Waals surface area contributed by atoms with Crippen molar-refractivity contribution >= 4 is 5.96 Å². The molecule has 0 saturated heterocycles. The van der Waals surface area contributed by atoms with Gasteiger partial charge in [-0.1, -0.05) is 6.92 Å². The maximum atomic E-state index is 8.85. The van der Waals surface area contributed by atoms with Crippen molar-refractivity contribution < 1.29 is 10.2 Å². The quantitative estimate of drug-likeness (QED) is 0.294. The van der Waals surface area contributed by atoms with Gasteiger partial charge in [0.25, 0.3) is 0 Å². The Balaban J connectivity index is 4.42. The Kier molecular flexibility index (Phi) is 3.84. The molecule has 0 unspecified atom stereocenters. The van der Waals surface area contributed by atoms with E-state index in [0.717, 1.165) is 0 Å². The average molecular weight is 161 g/mol. The SMILES string of the molecule is CCC(CO)(CO)N=C(N)N. The van der Waals surface area contributed by atoms with Crippen LogP contribution in [0.4, 0.5) is 0 Å². The second kappa shape index (κ2) is 4.15. The van der Waals surface area contributed by atoms with E-state index in [2.05, 4.69) is 4.99 Å². The standard InChI is InChI=1S/C6H15N3O2/c1-2-6(3-10,4-11)9-5(7)8/h10-11H,2-4H2,1H3,(H4,7,8,9). The summed E-state index contributed by atoms with van der Waals surface area (Å²) >= 11 is 0. The largest absolute Gasteiger partial charge is 0.394 e. The number of nitrogens with two attached hydrogens (primary N) is 2. The topological polar surface area (TPSA) is 105 Å². The van der Waals surface area contributed by atoms with Gasteiger partial charge in [0, 0.05) is 0 Å². The third kappa shape index (κ3) is 2.73. The van der Waals surface area contributed by atoms with Gasteiger partial charge in [-0.25, -0.2) is 4.99 Å². The minimum absolute atomic E-state index is 0.116. The molecule has 5 heteroatoms. The van der Waals surface area contributed by atoms with Gasteiger partial charge in [0.15, 0.2) is 5.96 Å². The fourth-order valence-electron chi connectivity index (χ4n) is 0.697. The zero-order valence-electron chi connectivity index (χ0n) is 6.62. The van der Waals surface area contributed by atoms with Crippen LogP contribution in [0.15, 0.2) is 4.99 Å². The Morgan fingerprint density at radius 1 is 1.36 bits per heavy atom. The van der Waals surface area contributed by atoms with Gasteiger partial charge in [-0.3, -0.25) is 0 Å². The molecule has 11 heavy (non-hydrogen) atoms. The summed E-state index contributed by atoms with van der Waals surface area (Å²) < 4.78 is 0. The number of nitrogens with zero attached hydrogens (tertiary/aromatic N) is 1. The second-order valence-electron chi connectivity index (χ2n) is 2.43. The lowest BCUT2D eigenvalue weighted by molar-refractivity contribution is 0.120. The van der Waals surface area contributed by atoms with E-state index in [9.17, 15) is 0 Å². The van der Waals surface area contributed by atoms with Gasteiger partial charge in [-0.2, -0.15) is 0 Å². The highest BCUT2D eigenvalue weighted by atomic mass is 16.3. The van der Waals surface area contributed by atoms with Crippen LogP contribution in [0.25, 0.3) is 0 Å². The summed E-state index contributed by atoms with van der Waals surface area (Å²) in [6.45, 7) is 1.29. The molecule has 0 aromatic heterocycles. The number of aliphatic imine (C=N–C) groups is 1. The molecule has 5 nitrogen and oxygen atoms in total. The van der Waals surface area contributed by atoms with Crippen LogP contribution in [0, 0.1) is 0 Å². The molecule has 0 aliphatic heterocycles. The first kappa shape index (κ1) is 10.2. The Morgan fingerprint density at radius 2 is 1.82 bits per heavy atom. The number of aliphatic hydroxyl groups is 2. The minimum Gasteiger partial charge on any atom is -0.394 e. The molecule has 0 bridgehead atoms. The number of guanidine groups is 1. The van der Waals surface area contributed by atoms with Gasteiger partial charge in [0.1, 0.15) is 5.54 Å². The van der Waals surface area contributed by atoms with Crippen molar-refractivity contribution in [3.05, 3.63) is 0 Å². The first-order chi connectivity index (χ1) is 5.10. The molecule has 0 heterocycles. The summed E-state index contributed by atoms with van der Waals surface area (Å²) in [6, 6.07) is 0. The van der Waals surface area contributed by atoms with Crippen LogP contribution in [0.5, 0.6) is 0 Å². The summed E-state index contributed by atoms with van der Waals surface area (Å²) in [4.78, 5) is 3.74. The van der Waals surface area contributed by atoms with Crippen molar-refractivity contribution in [2.45, 2.75) is 18.9 Å². The first-order valence-corrected chi connectivity index (χ1v) is 3.42. The molecule has 0 amide bonds. The van der Waals surface area contributed by atoms with E-state index >= 15 is 0 Å². The molecule has 0 rings (SSSR count). The fourth-order valence-corrected chi connectivity index (χ4v) is 0.697. The van der Waals surface area contributed by atoms with E-state index in [1.54, 1.807) is 6.92 Å². The molecule has 0 aromatic rings. The molecule has 0 fully saturated rings. The predicted molar refractivity (Wildman–Crippen MR) is 43.0 cm³/mol. The van der Waals surface area contributed by atoms with Gasteiger partial charge in [-0.05, 0) is 6.42 Å². The summed E-state index contributed by atoms with van der Waals surface area (Å²) in [5.41, 5.74) is 9.32. The van der Waals surface area contributed by atoms with E-state index in [1.807, 2.05) is 0 Å². The highest BCUT2D eigenvalue weighted by Crippen LogP contribution is 2.13. The van der Waals surface area contributed by atoms with Crippen LogP contribution in [-0.2, 0) is 0 Å². The van der Waals surface area contributed by atoms with Crippen LogP contribution < -0.4 is 11.5 Å². The van der Waals surface area contributed by atoms with Crippen molar-refractivity contribution in [2.75, 3.05) is 13.2 Å². The van der Waals surface area contributed by atoms with E-state index in [0.29, 0.717) is 6.42 Å². The van der Waals surface area contributed by atoms with Gasteiger partial charge < -0.3 is 21.7 Å². The lowest BCUT2D eigenvalue weighted by Crippen LogP contribution is -2.39. The minimum atomic E-state index is -0.904. The highest BCUT2D eigenvalue weighted by Gasteiger charge is 2.25. The van der Waals surface area contributed by atoms with Crippen molar-refractivity contribution in [1.82, 2.24) is 0 Å². The molecule has 66 valence electrons. The average Bonchev–Trinajstić information content (AvgIpc) is 2.00. The van der Waals surface area contributed by atoms with E-state index in [1.165, 1.54) is 0 Å². The van der Waals surface area contributed by atoms with Crippen LogP contribution in [-0.4, -0.2) is 34.9 Å². The third-order valence-electron chi connectivity index (χ3n) is 1.61. The third-order valence-corrected chi connectivity index (χ3v) is 1.61. The van der Waals surface area contributed by atoms with Crippen molar-refractivity contribution in [3.63, 3.8) is 0 Å². The fraction of sp³-hybridized carbons (Fsp3) is 0.833. The number of aliphatic hydroxyl groups excluding tert-OH is 2. The normalized spacial score (nSPS) is 11.2. The molecule has 0 spiro atoms. The Hall–Kier alpha value is -0.810. The highest BCUT2D eigenvalue weighted by molar-refractivity contribution is 5.76. The van der Waals surface area contributed by atoms with Gasteiger partial charge in [0.05, 0.1) is 13.2 Å². The molecule has 0 atom stereocenters. The van der Waals surface area contributed by atoms with Crippen LogP contribution in [0.1, 0.15) is 13.3 Å². The second-order valence-corrected chi connectivity index (χ2v) is 2.43. The Morgan fingerprint density at radius 3 is 1.91 bits per heavy atom. The lowest BCUT2D eigenvalue weighted by Gasteiger charge is -2.23. The molecule has 0 aliphatic rings. The lowest BCUT2D eigenvalue weighted by atomic mass is 10.00. The molecule has 6 N–H and O–H groups in total. The van der Waals surface area contributed by atoms with Crippen LogP contribution >= 0.6 is 0 Å². The van der Waals surface area contributed by atoms with Crippen molar-refractivity contribution in [2.24, 2.45) is 16.5 Å². The maximum absolute atomic E-state index is 8.85. The zero-order chi connectivity index (χ0) is 8.91. The smallest absolute Gasteiger partial charge is 0.186 e. The Bertz CT molecular complexity index is 130. The molecule has 0 aliphatic carbocycles. The predicted octanol–water partition coefficient (Wildman–Crippen LogP) is -1.61. The van der Waals surface area contributed by atoms with E-state index < -0.39 is 5.54 Å². The molecule has 0 radical (unpaired) electrons. The summed E-state index contributed by atoms with van der Waals surface area (Å²) in [7, 11) is 0. The molecular formula is C6H15N3O2. The maximum Gasteiger partial charge on any atom is 0.186 e. The summed E-state index contributed by atoms with van der Waals surface area (Å²) in [5.74, 6) is -0.116. The number of rotatable bonds is 4. The zero-order valence-corrected chi connectivity index (χ0v) is 6.62. The van der Waals surface area contributed by atoms with Crippen LogP contribution in [0.2, 0.25) is 0 Å². The number of hydrogen-bond acceptors (Lipinski definition) is 3. The van der Waals surface area contributed by atoms with Crippen LogP contribution in [0.3, 0.4) is 0 Å². The number of hydrogen-bond donors (Lipinski definition) is 4.